The van der Waals surface area contributed by atoms with Crippen LogP contribution in [-0.4, -0.2) is 48.7 Å². The lowest BCUT2D eigenvalue weighted by Gasteiger charge is -2.16. The van der Waals surface area contributed by atoms with Gasteiger partial charge in [-0.2, -0.15) is 0 Å². The van der Waals surface area contributed by atoms with E-state index in [4.69, 9.17) is 9.84 Å². The van der Waals surface area contributed by atoms with Gasteiger partial charge in [0.15, 0.2) is 0 Å². The maximum atomic E-state index is 11.5. The average molecular weight is 229 g/mol. The monoisotopic (exact) mass is 229 g/mol. The Morgan fingerprint density at radius 1 is 1.44 bits per heavy atom. The van der Waals surface area contributed by atoms with Crippen molar-refractivity contribution in [1.29, 1.82) is 0 Å². The highest BCUT2D eigenvalue weighted by Crippen LogP contribution is 2.28. The minimum Gasteiger partial charge on any atom is -0.481 e. The summed E-state index contributed by atoms with van der Waals surface area (Å²) in [5.74, 6) is -0.248. The SMILES string of the molecule is CN(CCCC(=O)O)C(=O)COCC1CC1. The second-order valence-electron chi connectivity index (χ2n) is 4.27. The van der Waals surface area contributed by atoms with Gasteiger partial charge in [0.05, 0.1) is 6.61 Å². The molecule has 1 saturated carbocycles. The minimum absolute atomic E-state index is 0.0777. The number of ether oxygens (including phenoxy) is 1. The highest BCUT2D eigenvalue weighted by atomic mass is 16.5. The van der Waals surface area contributed by atoms with Crippen LogP contribution in [0, 0.1) is 5.92 Å². The van der Waals surface area contributed by atoms with Crippen LogP contribution in [0.1, 0.15) is 25.7 Å². The van der Waals surface area contributed by atoms with Gasteiger partial charge in [-0.15, -0.1) is 0 Å². The van der Waals surface area contributed by atoms with Crippen LogP contribution in [0.4, 0.5) is 0 Å². The number of aliphatic carboxylic acids is 1. The third kappa shape index (κ3) is 5.70. The Balaban J connectivity index is 2.01. The topological polar surface area (TPSA) is 66.8 Å². The van der Waals surface area contributed by atoms with Crippen molar-refractivity contribution in [3.05, 3.63) is 0 Å². The van der Waals surface area contributed by atoms with Crippen molar-refractivity contribution < 1.29 is 19.4 Å². The number of hydrogen-bond donors (Lipinski definition) is 1. The van der Waals surface area contributed by atoms with Gasteiger partial charge in [-0.3, -0.25) is 9.59 Å². The van der Waals surface area contributed by atoms with Crippen LogP contribution in [0.25, 0.3) is 0 Å². The molecule has 0 atom stereocenters. The highest BCUT2D eigenvalue weighted by Gasteiger charge is 2.21. The Labute approximate surface area is 95.4 Å². The second-order valence-corrected chi connectivity index (χ2v) is 4.27. The first kappa shape index (κ1) is 13.0. The summed E-state index contributed by atoms with van der Waals surface area (Å²) in [5.41, 5.74) is 0. The number of carboxylic acid groups (broad SMARTS) is 1. The van der Waals surface area contributed by atoms with E-state index in [9.17, 15) is 9.59 Å². The van der Waals surface area contributed by atoms with E-state index >= 15 is 0 Å². The van der Waals surface area contributed by atoms with Crippen LogP contribution in [0.5, 0.6) is 0 Å². The van der Waals surface area contributed by atoms with Gasteiger partial charge in [-0.1, -0.05) is 0 Å². The predicted octanol–water partition coefficient (Wildman–Crippen LogP) is 0.736. The van der Waals surface area contributed by atoms with Crippen LogP contribution in [0.15, 0.2) is 0 Å². The van der Waals surface area contributed by atoms with E-state index in [0.717, 1.165) is 0 Å². The Kier molecular flexibility index (Phi) is 5.25. The summed E-state index contributed by atoms with van der Waals surface area (Å²) in [7, 11) is 1.67. The van der Waals surface area contributed by atoms with E-state index in [1.54, 1.807) is 7.05 Å². The van der Waals surface area contributed by atoms with E-state index in [1.807, 2.05) is 0 Å². The molecule has 1 fully saturated rings. The van der Waals surface area contributed by atoms with Crippen LogP contribution < -0.4 is 0 Å². The molecule has 1 aliphatic rings. The Morgan fingerprint density at radius 2 is 2.12 bits per heavy atom. The fourth-order valence-electron chi connectivity index (χ4n) is 1.30. The molecule has 5 heteroatoms. The summed E-state index contributed by atoms with van der Waals surface area (Å²) in [6, 6.07) is 0. The number of carbonyl (C=O) groups is 2. The maximum absolute atomic E-state index is 11.5. The molecule has 0 aromatic carbocycles. The van der Waals surface area contributed by atoms with E-state index in [0.29, 0.717) is 25.5 Å². The smallest absolute Gasteiger partial charge is 0.303 e. The van der Waals surface area contributed by atoms with Gasteiger partial charge in [0.2, 0.25) is 5.91 Å². The molecule has 0 aromatic rings. The molecule has 1 aliphatic carbocycles. The molecule has 0 unspecified atom stereocenters. The fraction of sp³-hybridized carbons (Fsp3) is 0.818. The summed E-state index contributed by atoms with van der Waals surface area (Å²) in [4.78, 5) is 23.3. The number of carboxylic acids is 1. The Hall–Kier alpha value is -1.10. The number of carbonyl (C=O) groups excluding carboxylic acids is 1. The van der Waals surface area contributed by atoms with Crippen molar-refractivity contribution in [2.75, 3.05) is 26.8 Å². The second kappa shape index (κ2) is 6.48. The number of amides is 1. The third-order valence-corrected chi connectivity index (χ3v) is 2.59. The van der Waals surface area contributed by atoms with Gasteiger partial charge in [-0.05, 0) is 25.2 Å². The maximum Gasteiger partial charge on any atom is 0.303 e. The summed E-state index contributed by atoms with van der Waals surface area (Å²) < 4.78 is 5.26. The number of nitrogens with zero attached hydrogens (tertiary/aromatic N) is 1. The fourth-order valence-corrected chi connectivity index (χ4v) is 1.30. The average Bonchev–Trinajstić information content (AvgIpc) is 3.00. The zero-order valence-corrected chi connectivity index (χ0v) is 9.65. The zero-order chi connectivity index (χ0) is 12.0. The molecule has 0 spiro atoms. The summed E-state index contributed by atoms with van der Waals surface area (Å²) in [6.45, 7) is 1.26. The standard InChI is InChI=1S/C11H19NO4/c1-12(6-2-3-11(14)15)10(13)8-16-7-9-4-5-9/h9H,2-8H2,1H3,(H,14,15). The molecule has 0 aliphatic heterocycles. The molecule has 0 aromatic heterocycles. The molecule has 1 rings (SSSR count). The first-order chi connectivity index (χ1) is 7.59. The highest BCUT2D eigenvalue weighted by molar-refractivity contribution is 5.77. The van der Waals surface area contributed by atoms with Crippen LogP contribution in [0.2, 0.25) is 0 Å². The quantitative estimate of drug-likeness (QED) is 0.666. The lowest BCUT2D eigenvalue weighted by Crippen LogP contribution is -2.31. The van der Waals surface area contributed by atoms with E-state index in [-0.39, 0.29) is 18.9 Å². The van der Waals surface area contributed by atoms with Gasteiger partial charge in [-0.25, -0.2) is 0 Å². The van der Waals surface area contributed by atoms with Crippen molar-refractivity contribution in [3.63, 3.8) is 0 Å². The molecule has 1 amide bonds. The largest absolute Gasteiger partial charge is 0.481 e. The molecule has 0 saturated heterocycles. The number of hydrogen-bond acceptors (Lipinski definition) is 3. The van der Waals surface area contributed by atoms with Crippen molar-refractivity contribution in [2.45, 2.75) is 25.7 Å². The molecule has 16 heavy (non-hydrogen) atoms. The first-order valence-electron chi connectivity index (χ1n) is 5.63. The summed E-state index contributed by atoms with van der Waals surface area (Å²) in [5, 5.41) is 8.45. The molecule has 1 N–H and O–H groups in total. The third-order valence-electron chi connectivity index (χ3n) is 2.59. The molecular formula is C11H19NO4. The van der Waals surface area contributed by atoms with Crippen molar-refractivity contribution in [2.24, 2.45) is 5.92 Å². The van der Waals surface area contributed by atoms with Gasteiger partial charge in [0, 0.05) is 20.0 Å². The molecule has 92 valence electrons. The molecule has 0 heterocycles. The van der Waals surface area contributed by atoms with E-state index < -0.39 is 5.97 Å². The van der Waals surface area contributed by atoms with E-state index in [2.05, 4.69) is 0 Å². The predicted molar refractivity (Wildman–Crippen MR) is 58.0 cm³/mol. The van der Waals surface area contributed by atoms with Crippen LogP contribution in [0.3, 0.4) is 0 Å². The molecule has 5 nitrogen and oxygen atoms in total. The lowest BCUT2D eigenvalue weighted by molar-refractivity contribution is -0.139. The Morgan fingerprint density at radius 3 is 2.69 bits per heavy atom. The number of likely N-dealkylation sites (N-methyl/N-ethyl adjacent to an activating group) is 1. The first-order valence-corrected chi connectivity index (χ1v) is 5.63. The lowest BCUT2D eigenvalue weighted by atomic mass is 10.3. The summed E-state index contributed by atoms with van der Waals surface area (Å²) in [6.07, 6.45) is 3.01. The minimum atomic E-state index is -0.828. The molecule has 0 radical (unpaired) electrons. The van der Waals surface area contributed by atoms with Crippen molar-refractivity contribution in [3.8, 4) is 0 Å². The van der Waals surface area contributed by atoms with E-state index in [1.165, 1.54) is 17.7 Å². The van der Waals surface area contributed by atoms with Gasteiger partial charge in [0.25, 0.3) is 0 Å². The number of rotatable bonds is 8. The van der Waals surface area contributed by atoms with Gasteiger partial charge in [0.1, 0.15) is 6.61 Å². The van der Waals surface area contributed by atoms with Gasteiger partial charge < -0.3 is 14.7 Å². The van der Waals surface area contributed by atoms with Crippen LogP contribution in [-0.2, 0) is 14.3 Å². The Bertz CT molecular complexity index is 250. The van der Waals surface area contributed by atoms with Crippen molar-refractivity contribution >= 4 is 11.9 Å². The van der Waals surface area contributed by atoms with Crippen LogP contribution >= 0.6 is 0 Å². The van der Waals surface area contributed by atoms with Crippen molar-refractivity contribution in [1.82, 2.24) is 4.90 Å². The normalized spacial score (nSPS) is 14.8. The molecular weight excluding hydrogens is 210 g/mol. The summed E-state index contributed by atoms with van der Waals surface area (Å²) >= 11 is 0. The molecule has 0 bridgehead atoms. The zero-order valence-electron chi connectivity index (χ0n) is 9.65. The van der Waals surface area contributed by atoms with Gasteiger partial charge >= 0.3 is 5.97 Å².